The van der Waals surface area contributed by atoms with Crippen LogP contribution < -0.4 is 0 Å². The van der Waals surface area contributed by atoms with E-state index >= 15 is 0 Å². The van der Waals surface area contributed by atoms with Gasteiger partial charge in [-0.3, -0.25) is 19.1 Å². The molecule has 1 saturated heterocycles. The number of aromatic nitrogens is 6. The maximum atomic E-state index is 12.6. The Morgan fingerprint density at radius 1 is 1.00 bits per heavy atom. The van der Waals surface area contributed by atoms with Crippen LogP contribution in [0, 0.1) is 0 Å². The summed E-state index contributed by atoms with van der Waals surface area (Å²) >= 11 is 0. The fraction of sp³-hybridized carbons (Fsp3) is 0.524. The molecule has 0 unspecified atom stereocenters. The molecule has 3 aromatic heterocycles. The SMILES string of the molecule is CC(=O)N1CCn2c(-c3cnn(C)c3)cnc2C12CCN(Cc1cnn(C)c1)CC2. The van der Waals surface area contributed by atoms with Crippen molar-refractivity contribution in [2.45, 2.75) is 38.4 Å². The van der Waals surface area contributed by atoms with E-state index in [4.69, 9.17) is 4.98 Å². The molecule has 3 aromatic rings. The van der Waals surface area contributed by atoms with Crippen LogP contribution in [0.15, 0.2) is 31.0 Å². The van der Waals surface area contributed by atoms with E-state index in [9.17, 15) is 4.79 Å². The molecule has 2 aliphatic heterocycles. The molecule has 0 N–H and O–H groups in total. The van der Waals surface area contributed by atoms with Gasteiger partial charge in [-0.05, 0) is 12.8 Å². The number of hydrogen-bond acceptors (Lipinski definition) is 5. The van der Waals surface area contributed by atoms with E-state index < -0.39 is 0 Å². The molecule has 0 radical (unpaired) electrons. The summed E-state index contributed by atoms with van der Waals surface area (Å²) in [4.78, 5) is 22.0. The van der Waals surface area contributed by atoms with Crippen molar-refractivity contribution in [2.24, 2.45) is 14.1 Å². The number of aryl methyl sites for hydroxylation is 2. The second-order valence-corrected chi connectivity index (χ2v) is 8.52. The monoisotopic (exact) mass is 408 g/mol. The number of carbonyl (C=O) groups excluding carboxylic acids is 1. The number of piperidine rings is 1. The van der Waals surface area contributed by atoms with E-state index in [1.165, 1.54) is 5.56 Å². The fourth-order valence-electron chi connectivity index (χ4n) is 5.14. The molecule has 0 saturated carbocycles. The van der Waals surface area contributed by atoms with Gasteiger partial charge in [0.1, 0.15) is 11.4 Å². The van der Waals surface area contributed by atoms with Crippen molar-refractivity contribution in [2.75, 3.05) is 19.6 Å². The number of imidazole rings is 1. The van der Waals surface area contributed by atoms with Gasteiger partial charge >= 0.3 is 0 Å². The minimum atomic E-state index is -0.337. The molecule has 1 amide bonds. The van der Waals surface area contributed by atoms with E-state index in [1.807, 2.05) is 48.2 Å². The molecule has 1 fully saturated rings. The van der Waals surface area contributed by atoms with Crippen molar-refractivity contribution in [1.29, 1.82) is 0 Å². The largest absolute Gasteiger partial charge is 0.328 e. The Balaban J connectivity index is 1.44. The van der Waals surface area contributed by atoms with E-state index in [0.29, 0.717) is 6.54 Å². The smallest absolute Gasteiger partial charge is 0.220 e. The highest BCUT2D eigenvalue weighted by Crippen LogP contribution is 2.42. The minimum absolute atomic E-state index is 0.132. The average Bonchev–Trinajstić information content (AvgIpc) is 3.44. The molecule has 30 heavy (non-hydrogen) atoms. The highest BCUT2D eigenvalue weighted by molar-refractivity contribution is 5.75. The summed E-state index contributed by atoms with van der Waals surface area (Å²) in [6.45, 7) is 5.90. The van der Waals surface area contributed by atoms with Crippen LogP contribution in [-0.2, 0) is 37.5 Å². The van der Waals surface area contributed by atoms with Crippen LogP contribution in [0.4, 0.5) is 0 Å². The first-order valence-corrected chi connectivity index (χ1v) is 10.5. The quantitative estimate of drug-likeness (QED) is 0.654. The zero-order valence-corrected chi connectivity index (χ0v) is 17.8. The van der Waals surface area contributed by atoms with Gasteiger partial charge in [-0.15, -0.1) is 0 Å². The standard InChI is InChI=1S/C21H28N8O/c1-16(30)29-9-8-28-19(18-11-24-26(3)15-18)12-22-20(28)21(29)4-6-27(7-5-21)14-17-10-23-25(2)13-17/h10-13,15H,4-9,14H2,1-3H3. The van der Waals surface area contributed by atoms with Gasteiger partial charge in [-0.1, -0.05) is 0 Å². The predicted octanol–water partition coefficient (Wildman–Crippen LogP) is 1.37. The lowest BCUT2D eigenvalue weighted by atomic mass is 9.83. The lowest BCUT2D eigenvalue weighted by Crippen LogP contribution is -2.59. The topological polar surface area (TPSA) is 77.0 Å². The van der Waals surface area contributed by atoms with Crippen molar-refractivity contribution >= 4 is 5.91 Å². The normalized spacial score (nSPS) is 18.7. The molecule has 5 heterocycles. The zero-order valence-electron chi connectivity index (χ0n) is 17.8. The Bertz CT molecular complexity index is 1070. The number of rotatable bonds is 3. The van der Waals surface area contributed by atoms with Crippen LogP contribution in [-0.4, -0.2) is 64.5 Å². The van der Waals surface area contributed by atoms with Crippen LogP contribution in [0.2, 0.25) is 0 Å². The number of amides is 1. The molecule has 9 heteroatoms. The van der Waals surface area contributed by atoms with Gasteiger partial charge in [-0.25, -0.2) is 4.98 Å². The van der Waals surface area contributed by atoms with E-state index in [0.717, 1.165) is 56.1 Å². The molecule has 0 bridgehead atoms. The van der Waals surface area contributed by atoms with Gasteiger partial charge in [0.15, 0.2) is 0 Å². The summed E-state index contributed by atoms with van der Waals surface area (Å²) in [6.07, 6.45) is 11.6. The van der Waals surface area contributed by atoms with Crippen molar-refractivity contribution in [3.8, 4) is 11.3 Å². The number of nitrogens with zero attached hydrogens (tertiary/aromatic N) is 8. The van der Waals surface area contributed by atoms with E-state index in [1.54, 1.807) is 6.92 Å². The Hall–Kier alpha value is -2.94. The van der Waals surface area contributed by atoms with Crippen LogP contribution in [0.5, 0.6) is 0 Å². The maximum absolute atomic E-state index is 12.6. The van der Waals surface area contributed by atoms with Gasteiger partial charge in [0.25, 0.3) is 0 Å². The summed E-state index contributed by atoms with van der Waals surface area (Å²) < 4.78 is 5.95. The van der Waals surface area contributed by atoms with Gasteiger partial charge < -0.3 is 9.47 Å². The van der Waals surface area contributed by atoms with Crippen molar-refractivity contribution in [1.82, 2.24) is 38.9 Å². The van der Waals surface area contributed by atoms with Crippen LogP contribution in [0.25, 0.3) is 11.3 Å². The summed E-state index contributed by atoms with van der Waals surface area (Å²) in [7, 11) is 3.87. The van der Waals surface area contributed by atoms with Crippen molar-refractivity contribution in [3.05, 3.63) is 42.4 Å². The summed E-state index contributed by atoms with van der Waals surface area (Å²) in [5, 5.41) is 8.60. The van der Waals surface area contributed by atoms with Gasteiger partial charge in [0, 0.05) is 77.3 Å². The lowest BCUT2D eigenvalue weighted by molar-refractivity contribution is -0.141. The van der Waals surface area contributed by atoms with Crippen LogP contribution in [0.3, 0.4) is 0 Å². The first kappa shape index (κ1) is 19.0. The molecule has 5 rings (SSSR count). The van der Waals surface area contributed by atoms with Gasteiger partial charge in [-0.2, -0.15) is 10.2 Å². The Morgan fingerprint density at radius 2 is 1.73 bits per heavy atom. The number of fused-ring (bicyclic) bond motifs is 2. The lowest BCUT2D eigenvalue weighted by Gasteiger charge is -2.50. The first-order valence-electron chi connectivity index (χ1n) is 10.5. The number of likely N-dealkylation sites (tertiary alicyclic amines) is 1. The van der Waals surface area contributed by atoms with Gasteiger partial charge in [0.2, 0.25) is 5.91 Å². The summed E-state index contributed by atoms with van der Waals surface area (Å²) in [5.74, 6) is 1.15. The Labute approximate surface area is 175 Å². The molecule has 2 aliphatic rings. The van der Waals surface area contributed by atoms with Crippen molar-refractivity contribution in [3.63, 3.8) is 0 Å². The maximum Gasteiger partial charge on any atom is 0.220 e. The molecule has 158 valence electrons. The summed E-state index contributed by atoms with van der Waals surface area (Å²) in [5.41, 5.74) is 3.03. The second-order valence-electron chi connectivity index (χ2n) is 8.52. The summed E-state index contributed by atoms with van der Waals surface area (Å²) in [6, 6.07) is 0. The third-order valence-corrected chi connectivity index (χ3v) is 6.56. The minimum Gasteiger partial charge on any atom is -0.328 e. The molecule has 1 spiro atoms. The van der Waals surface area contributed by atoms with Crippen molar-refractivity contribution < 1.29 is 4.79 Å². The molecule has 9 nitrogen and oxygen atoms in total. The highest BCUT2D eigenvalue weighted by atomic mass is 16.2. The van der Waals surface area contributed by atoms with Gasteiger partial charge in [0.05, 0.1) is 24.3 Å². The fourth-order valence-corrected chi connectivity index (χ4v) is 5.14. The Kier molecular flexibility index (Phi) is 4.50. The van der Waals surface area contributed by atoms with E-state index in [-0.39, 0.29) is 11.4 Å². The van der Waals surface area contributed by atoms with Crippen LogP contribution >= 0.6 is 0 Å². The molecule has 0 aliphatic carbocycles. The van der Waals surface area contributed by atoms with Crippen LogP contribution in [0.1, 0.15) is 31.2 Å². The molecule has 0 aromatic carbocycles. The number of carbonyl (C=O) groups is 1. The molecular weight excluding hydrogens is 380 g/mol. The number of hydrogen-bond donors (Lipinski definition) is 0. The average molecular weight is 409 g/mol. The molecule has 0 atom stereocenters. The second kappa shape index (κ2) is 7.09. The zero-order chi connectivity index (χ0) is 20.9. The predicted molar refractivity (Wildman–Crippen MR) is 111 cm³/mol. The third-order valence-electron chi connectivity index (χ3n) is 6.56. The Morgan fingerprint density at radius 3 is 2.37 bits per heavy atom. The molecular formula is C21H28N8O. The van der Waals surface area contributed by atoms with E-state index in [2.05, 4.69) is 30.8 Å². The first-order chi connectivity index (χ1) is 14.5. The highest BCUT2D eigenvalue weighted by Gasteiger charge is 2.48. The third kappa shape index (κ3) is 3.04.